The Labute approximate surface area is 173 Å². The molecule has 31 heavy (non-hydrogen) atoms. The van der Waals surface area contributed by atoms with E-state index in [1.54, 1.807) is 25.2 Å². The quantitative estimate of drug-likeness (QED) is 0.526. The Morgan fingerprint density at radius 3 is 2.61 bits per heavy atom. The van der Waals surface area contributed by atoms with E-state index >= 15 is 0 Å². The number of carbonyl (C=O) groups is 1. The molecule has 2 aromatic carbocycles. The van der Waals surface area contributed by atoms with Crippen molar-refractivity contribution in [2.24, 2.45) is 7.05 Å². The lowest BCUT2D eigenvalue weighted by atomic mass is 10.2. The van der Waals surface area contributed by atoms with Crippen molar-refractivity contribution in [2.45, 2.75) is 0 Å². The number of hydrogen-bond acceptors (Lipinski definition) is 5. The second-order valence-corrected chi connectivity index (χ2v) is 6.95. The molecule has 0 fully saturated rings. The standard InChI is InChI=1S/C21H15FN4O5/c1-25-9-14(19(27)23-12-4-7-15-16(8-12)31-10-30-15)17-18(25)20(28)26(21(29)24-17)13-5-2-11(22)3-6-13/h2-9H,10H2,1H3,(H,23,27)(H,24,29). The number of nitrogens with one attached hydrogen (secondary N) is 2. The molecule has 0 aliphatic carbocycles. The Kier molecular flexibility index (Phi) is 4.14. The zero-order chi connectivity index (χ0) is 21.7. The average Bonchev–Trinajstić information content (AvgIpc) is 3.33. The third kappa shape index (κ3) is 3.05. The first-order valence-corrected chi connectivity index (χ1v) is 9.23. The van der Waals surface area contributed by atoms with E-state index in [1.807, 2.05) is 0 Å². The zero-order valence-corrected chi connectivity index (χ0v) is 16.1. The van der Waals surface area contributed by atoms with Gasteiger partial charge in [-0.25, -0.2) is 13.8 Å². The third-order valence-electron chi connectivity index (χ3n) is 4.98. The molecule has 0 atom stereocenters. The van der Waals surface area contributed by atoms with E-state index in [0.717, 1.165) is 16.7 Å². The molecule has 5 rings (SSSR count). The molecule has 0 unspecified atom stereocenters. The molecular weight excluding hydrogens is 407 g/mol. The van der Waals surface area contributed by atoms with Gasteiger partial charge in [-0.3, -0.25) is 9.59 Å². The normalized spacial score (nSPS) is 12.3. The first-order valence-electron chi connectivity index (χ1n) is 9.23. The van der Waals surface area contributed by atoms with Gasteiger partial charge in [-0.2, -0.15) is 0 Å². The lowest BCUT2D eigenvalue weighted by molar-refractivity contribution is 0.102. The van der Waals surface area contributed by atoms with Crippen molar-refractivity contribution in [1.82, 2.24) is 14.1 Å². The highest BCUT2D eigenvalue weighted by atomic mass is 19.1. The van der Waals surface area contributed by atoms with Gasteiger partial charge in [0.15, 0.2) is 11.5 Å². The Balaban J connectivity index is 1.57. The number of aromatic nitrogens is 3. The van der Waals surface area contributed by atoms with Crippen LogP contribution in [0.25, 0.3) is 16.7 Å². The number of anilines is 1. The van der Waals surface area contributed by atoms with E-state index in [2.05, 4.69) is 10.3 Å². The topological polar surface area (TPSA) is 107 Å². The molecule has 9 nitrogen and oxygen atoms in total. The summed E-state index contributed by atoms with van der Waals surface area (Å²) in [5.74, 6) is 0.0786. The first-order chi connectivity index (χ1) is 14.9. The predicted octanol–water partition coefficient (Wildman–Crippen LogP) is 2.14. The fourth-order valence-corrected chi connectivity index (χ4v) is 3.54. The summed E-state index contributed by atoms with van der Waals surface area (Å²) in [6.07, 6.45) is 1.46. The number of benzene rings is 2. The van der Waals surface area contributed by atoms with Crippen molar-refractivity contribution in [3.8, 4) is 17.2 Å². The lowest BCUT2D eigenvalue weighted by Crippen LogP contribution is -2.34. The van der Waals surface area contributed by atoms with Crippen LogP contribution in [0.15, 0.2) is 58.3 Å². The molecule has 10 heteroatoms. The van der Waals surface area contributed by atoms with Crippen LogP contribution in [0.2, 0.25) is 0 Å². The van der Waals surface area contributed by atoms with E-state index in [1.165, 1.54) is 22.9 Å². The number of H-pyrrole nitrogens is 1. The van der Waals surface area contributed by atoms with Crippen molar-refractivity contribution in [3.05, 3.63) is 80.9 Å². The van der Waals surface area contributed by atoms with Crippen LogP contribution in [0, 0.1) is 5.82 Å². The zero-order valence-electron chi connectivity index (χ0n) is 16.1. The summed E-state index contributed by atoms with van der Waals surface area (Å²) in [5.41, 5.74) is -0.345. The number of aromatic amines is 1. The summed E-state index contributed by atoms with van der Waals surface area (Å²) in [7, 11) is 1.59. The van der Waals surface area contributed by atoms with E-state index in [-0.39, 0.29) is 29.1 Å². The van der Waals surface area contributed by atoms with Crippen LogP contribution < -0.4 is 26.0 Å². The van der Waals surface area contributed by atoms with E-state index in [0.29, 0.717) is 17.2 Å². The molecule has 3 heterocycles. The molecule has 0 bridgehead atoms. The molecule has 1 amide bonds. The van der Waals surface area contributed by atoms with Gasteiger partial charge in [-0.15, -0.1) is 0 Å². The second kappa shape index (κ2) is 6.87. The van der Waals surface area contributed by atoms with Crippen LogP contribution in [0.4, 0.5) is 10.1 Å². The van der Waals surface area contributed by atoms with Gasteiger partial charge in [-0.1, -0.05) is 0 Å². The van der Waals surface area contributed by atoms with Gasteiger partial charge < -0.3 is 24.3 Å². The largest absolute Gasteiger partial charge is 0.454 e. The van der Waals surface area contributed by atoms with Crippen LogP contribution >= 0.6 is 0 Å². The Morgan fingerprint density at radius 1 is 1.10 bits per heavy atom. The monoisotopic (exact) mass is 422 g/mol. The van der Waals surface area contributed by atoms with Gasteiger partial charge in [0.1, 0.15) is 11.3 Å². The number of amides is 1. The maximum Gasteiger partial charge on any atom is 0.333 e. The molecule has 1 aliphatic rings. The Morgan fingerprint density at radius 2 is 1.84 bits per heavy atom. The number of fused-ring (bicyclic) bond motifs is 2. The minimum Gasteiger partial charge on any atom is -0.454 e. The maximum absolute atomic E-state index is 13.2. The number of ether oxygens (including phenoxy) is 2. The van der Waals surface area contributed by atoms with Gasteiger partial charge >= 0.3 is 5.69 Å². The first kappa shape index (κ1) is 18.7. The number of hydrogen-bond donors (Lipinski definition) is 2. The molecule has 2 N–H and O–H groups in total. The van der Waals surface area contributed by atoms with Crippen molar-refractivity contribution in [2.75, 3.05) is 12.1 Å². The van der Waals surface area contributed by atoms with Crippen molar-refractivity contribution < 1.29 is 18.7 Å². The fourth-order valence-electron chi connectivity index (χ4n) is 3.54. The van der Waals surface area contributed by atoms with E-state index < -0.39 is 23.0 Å². The minimum atomic E-state index is -0.743. The molecule has 2 aromatic heterocycles. The number of rotatable bonds is 3. The summed E-state index contributed by atoms with van der Waals surface area (Å²) in [5, 5.41) is 2.72. The van der Waals surface area contributed by atoms with E-state index in [9.17, 15) is 18.8 Å². The van der Waals surface area contributed by atoms with Crippen molar-refractivity contribution in [1.29, 1.82) is 0 Å². The highest BCUT2D eigenvalue weighted by Gasteiger charge is 2.21. The van der Waals surface area contributed by atoms with Crippen LogP contribution in [0.5, 0.6) is 11.5 Å². The number of nitrogens with zero attached hydrogens (tertiary/aromatic N) is 2. The summed E-state index contributed by atoms with van der Waals surface area (Å²) < 4.78 is 26.1. The van der Waals surface area contributed by atoms with E-state index in [4.69, 9.17) is 9.47 Å². The number of halogens is 1. The SMILES string of the molecule is Cn1cc(C(=O)Nc2ccc3c(c2)OCO3)c2[nH]c(=O)n(-c3ccc(F)cc3)c(=O)c21. The summed E-state index contributed by atoms with van der Waals surface area (Å²) >= 11 is 0. The van der Waals surface area contributed by atoms with Crippen LogP contribution in [0.3, 0.4) is 0 Å². The number of carbonyl (C=O) groups excluding carboxylic acids is 1. The molecule has 0 spiro atoms. The Bertz CT molecular complexity index is 1470. The third-order valence-corrected chi connectivity index (χ3v) is 4.98. The number of aryl methyl sites for hydroxylation is 1. The molecule has 0 saturated heterocycles. The van der Waals surface area contributed by atoms with Crippen molar-refractivity contribution in [3.63, 3.8) is 0 Å². The summed E-state index contributed by atoms with van der Waals surface area (Å²) in [6, 6.07) is 9.91. The fraction of sp³-hybridized carbons (Fsp3) is 0.0952. The van der Waals surface area contributed by atoms with Gasteiger partial charge in [0, 0.05) is 25.0 Å². The molecule has 0 saturated carbocycles. The Hall–Kier alpha value is -4.34. The van der Waals surface area contributed by atoms with Crippen LogP contribution in [0.1, 0.15) is 10.4 Å². The lowest BCUT2D eigenvalue weighted by Gasteiger charge is -2.07. The minimum absolute atomic E-state index is 0.106. The van der Waals surface area contributed by atoms with Crippen LogP contribution in [-0.2, 0) is 7.05 Å². The van der Waals surface area contributed by atoms with Gasteiger partial charge in [0.2, 0.25) is 6.79 Å². The van der Waals surface area contributed by atoms with Crippen molar-refractivity contribution >= 4 is 22.6 Å². The molecule has 4 aromatic rings. The van der Waals surface area contributed by atoms with Crippen LogP contribution in [-0.4, -0.2) is 26.8 Å². The molecule has 156 valence electrons. The average molecular weight is 422 g/mol. The predicted molar refractivity (Wildman–Crippen MR) is 110 cm³/mol. The van der Waals surface area contributed by atoms with Gasteiger partial charge in [0.05, 0.1) is 16.8 Å². The highest BCUT2D eigenvalue weighted by molar-refractivity contribution is 6.11. The second-order valence-electron chi connectivity index (χ2n) is 6.95. The highest BCUT2D eigenvalue weighted by Crippen LogP contribution is 2.34. The smallest absolute Gasteiger partial charge is 0.333 e. The van der Waals surface area contributed by atoms with Gasteiger partial charge in [-0.05, 0) is 36.4 Å². The molecule has 1 aliphatic heterocycles. The summed E-state index contributed by atoms with van der Waals surface area (Å²) in [4.78, 5) is 41.2. The maximum atomic E-state index is 13.2. The summed E-state index contributed by atoms with van der Waals surface area (Å²) in [6.45, 7) is 0.109. The molecule has 0 radical (unpaired) electrons. The van der Waals surface area contributed by atoms with Gasteiger partial charge in [0.25, 0.3) is 11.5 Å². The molecular formula is C21H15FN4O5.